The van der Waals surface area contributed by atoms with E-state index in [2.05, 4.69) is 0 Å². The summed E-state index contributed by atoms with van der Waals surface area (Å²) in [4.78, 5) is 26.2. The molecule has 0 aromatic heterocycles. The minimum Gasteiger partial charge on any atom is -0.459 e. The molecular formula is C53H58O17. The van der Waals surface area contributed by atoms with Gasteiger partial charge in [-0.25, -0.2) is 9.59 Å². The molecule has 3 heterocycles. The highest BCUT2D eigenvalue weighted by Crippen LogP contribution is 2.36. The molecule has 3 saturated heterocycles. The average molecular weight is 967 g/mol. The Balaban J connectivity index is 1.11. The number of aliphatic hydroxyl groups is 5. The zero-order valence-electron chi connectivity index (χ0n) is 38.3. The summed E-state index contributed by atoms with van der Waals surface area (Å²) < 4.78 is 62.7. The molecule has 0 radical (unpaired) electrons. The van der Waals surface area contributed by atoms with Gasteiger partial charge in [-0.05, 0) is 47.9 Å². The van der Waals surface area contributed by atoms with Crippen LogP contribution in [-0.2, 0) is 67.2 Å². The standard InChI is InChI=1S/C53H58O17/c1-32-44(61-27-33-17-7-2-8-18-33)47(62-28-34-19-9-3-10-20-34)48(63-29-35-21-11-4-12-22-35)53(66-32)70-46-43(57)51(60)67-39(31-65-50(59)37-25-15-6-16-26-37)45(46)69-52-42(56)41(55)40(54)38(68-52)30-64-49(58)36-23-13-5-14-24-36/h2-26,32,38-48,51-57,60H,27-31H2,1H3/t32-,38+,39+,40-,41-,42+,43+,44+,45+,46+,47+,48-,51+,52-,53-/m0/s1. The summed E-state index contributed by atoms with van der Waals surface area (Å²) in [6.07, 6.45) is -22.4. The number of ether oxygens (including phenoxy) is 10. The summed E-state index contributed by atoms with van der Waals surface area (Å²) in [6.45, 7) is 0.982. The second-order valence-electron chi connectivity index (χ2n) is 17.2. The van der Waals surface area contributed by atoms with Crippen molar-refractivity contribution in [1.82, 2.24) is 0 Å². The van der Waals surface area contributed by atoms with Gasteiger partial charge in [0, 0.05) is 0 Å². The van der Waals surface area contributed by atoms with E-state index < -0.39 is 117 Å². The molecule has 3 aliphatic heterocycles. The minimum absolute atomic E-state index is 0.0508. The Bertz CT molecular complexity index is 2350. The predicted molar refractivity (Wildman–Crippen MR) is 246 cm³/mol. The maximum absolute atomic E-state index is 13.3. The summed E-state index contributed by atoms with van der Waals surface area (Å²) in [7, 11) is 0. The molecule has 372 valence electrons. The van der Waals surface area contributed by atoms with Crippen molar-refractivity contribution in [3.63, 3.8) is 0 Å². The van der Waals surface area contributed by atoms with Crippen LogP contribution in [0.2, 0.25) is 0 Å². The maximum atomic E-state index is 13.3. The van der Waals surface area contributed by atoms with Crippen LogP contribution in [0.5, 0.6) is 0 Å². The summed E-state index contributed by atoms with van der Waals surface area (Å²) in [5.41, 5.74) is 2.98. The smallest absolute Gasteiger partial charge is 0.338 e. The molecule has 17 heteroatoms. The third kappa shape index (κ3) is 12.9. The van der Waals surface area contributed by atoms with Gasteiger partial charge in [0.15, 0.2) is 18.9 Å². The van der Waals surface area contributed by atoms with Gasteiger partial charge in [-0.15, -0.1) is 0 Å². The number of esters is 2. The molecule has 8 rings (SSSR count). The number of hydrogen-bond donors (Lipinski definition) is 5. The number of carbonyl (C=O) groups excluding carboxylic acids is 2. The molecule has 15 atom stereocenters. The Morgan fingerprint density at radius 1 is 0.429 bits per heavy atom. The van der Waals surface area contributed by atoms with Crippen molar-refractivity contribution in [3.05, 3.63) is 179 Å². The number of aliphatic hydroxyl groups excluding tert-OH is 5. The molecule has 0 aliphatic carbocycles. The van der Waals surface area contributed by atoms with Gasteiger partial charge in [-0.1, -0.05) is 127 Å². The highest BCUT2D eigenvalue weighted by Gasteiger charge is 2.55. The van der Waals surface area contributed by atoms with Crippen LogP contribution in [0.4, 0.5) is 0 Å². The number of hydrogen-bond acceptors (Lipinski definition) is 17. The largest absolute Gasteiger partial charge is 0.459 e. The lowest BCUT2D eigenvalue weighted by atomic mass is 9.95. The Morgan fingerprint density at radius 2 is 0.857 bits per heavy atom. The number of carbonyl (C=O) groups is 2. The molecule has 17 nitrogen and oxygen atoms in total. The Hall–Kier alpha value is -5.48. The van der Waals surface area contributed by atoms with Crippen LogP contribution in [0.1, 0.15) is 44.3 Å². The lowest BCUT2D eigenvalue weighted by Crippen LogP contribution is -2.67. The van der Waals surface area contributed by atoms with Gasteiger partial charge >= 0.3 is 11.9 Å². The fourth-order valence-corrected chi connectivity index (χ4v) is 8.45. The molecular weight excluding hydrogens is 909 g/mol. The van der Waals surface area contributed by atoms with Crippen LogP contribution >= 0.6 is 0 Å². The maximum Gasteiger partial charge on any atom is 0.338 e. The molecule has 3 fully saturated rings. The first kappa shape index (κ1) is 50.9. The predicted octanol–water partition coefficient (Wildman–Crippen LogP) is 3.86. The zero-order valence-corrected chi connectivity index (χ0v) is 38.3. The van der Waals surface area contributed by atoms with Gasteiger partial charge in [0.05, 0.1) is 37.1 Å². The third-order valence-electron chi connectivity index (χ3n) is 12.2. The normalized spacial score (nSPS) is 31.1. The van der Waals surface area contributed by atoms with Crippen molar-refractivity contribution in [1.29, 1.82) is 0 Å². The van der Waals surface area contributed by atoms with Crippen molar-refractivity contribution in [2.45, 2.75) is 119 Å². The summed E-state index contributed by atoms with van der Waals surface area (Å²) in [6, 6.07) is 44.6. The zero-order chi connectivity index (χ0) is 49.0. The summed E-state index contributed by atoms with van der Waals surface area (Å²) >= 11 is 0. The second kappa shape index (κ2) is 24.6. The van der Waals surface area contributed by atoms with E-state index in [1.807, 2.05) is 91.0 Å². The van der Waals surface area contributed by atoms with Crippen LogP contribution in [0, 0.1) is 0 Å². The molecule has 70 heavy (non-hydrogen) atoms. The van der Waals surface area contributed by atoms with Gasteiger partial charge in [0.25, 0.3) is 0 Å². The molecule has 0 saturated carbocycles. The van der Waals surface area contributed by atoms with Crippen molar-refractivity contribution < 1.29 is 82.5 Å². The highest BCUT2D eigenvalue weighted by molar-refractivity contribution is 5.89. The monoisotopic (exact) mass is 966 g/mol. The number of rotatable bonds is 19. The summed E-state index contributed by atoms with van der Waals surface area (Å²) in [5.74, 6) is -1.50. The van der Waals surface area contributed by atoms with E-state index in [1.165, 1.54) is 24.3 Å². The van der Waals surface area contributed by atoms with Crippen LogP contribution < -0.4 is 0 Å². The summed E-state index contributed by atoms with van der Waals surface area (Å²) in [5, 5.41) is 56.7. The van der Waals surface area contributed by atoms with Gasteiger partial charge in [-0.2, -0.15) is 0 Å². The molecule has 0 unspecified atom stereocenters. The number of benzene rings is 5. The molecule has 5 N–H and O–H groups in total. The lowest BCUT2D eigenvalue weighted by Gasteiger charge is -2.49. The van der Waals surface area contributed by atoms with Gasteiger partial charge < -0.3 is 72.9 Å². The molecule has 5 aromatic carbocycles. The third-order valence-corrected chi connectivity index (χ3v) is 12.2. The fraction of sp³-hybridized carbons (Fsp3) is 0.396. The Labute approximate surface area is 404 Å². The van der Waals surface area contributed by atoms with Crippen molar-refractivity contribution >= 4 is 11.9 Å². The quantitative estimate of drug-likeness (QED) is 0.0741. The van der Waals surface area contributed by atoms with Crippen LogP contribution in [0.3, 0.4) is 0 Å². The molecule has 5 aromatic rings. The van der Waals surface area contributed by atoms with Crippen molar-refractivity contribution in [2.75, 3.05) is 13.2 Å². The highest BCUT2D eigenvalue weighted by atomic mass is 16.8. The molecule has 0 amide bonds. The van der Waals surface area contributed by atoms with Crippen LogP contribution in [0.25, 0.3) is 0 Å². The van der Waals surface area contributed by atoms with Crippen LogP contribution in [0.15, 0.2) is 152 Å². The van der Waals surface area contributed by atoms with Crippen LogP contribution in [-0.4, -0.2) is 143 Å². The molecule has 3 aliphatic rings. The molecule has 0 bridgehead atoms. The lowest BCUT2D eigenvalue weighted by molar-refractivity contribution is -0.387. The van der Waals surface area contributed by atoms with Crippen molar-refractivity contribution in [3.8, 4) is 0 Å². The van der Waals surface area contributed by atoms with Gasteiger partial charge in [0.1, 0.15) is 80.4 Å². The van der Waals surface area contributed by atoms with E-state index in [0.717, 1.165) is 16.7 Å². The van der Waals surface area contributed by atoms with Crippen molar-refractivity contribution in [2.24, 2.45) is 0 Å². The second-order valence-corrected chi connectivity index (χ2v) is 17.2. The Morgan fingerprint density at radius 3 is 1.36 bits per heavy atom. The van der Waals surface area contributed by atoms with E-state index in [0.29, 0.717) is 0 Å². The topological polar surface area (TPSA) is 228 Å². The average Bonchev–Trinajstić information content (AvgIpc) is 3.39. The first-order valence-electron chi connectivity index (χ1n) is 23.1. The van der Waals surface area contributed by atoms with Gasteiger partial charge in [0.2, 0.25) is 0 Å². The van der Waals surface area contributed by atoms with E-state index in [4.69, 9.17) is 47.4 Å². The Kier molecular flexibility index (Phi) is 17.9. The molecule has 0 spiro atoms. The van der Waals surface area contributed by atoms with E-state index in [-0.39, 0.29) is 30.9 Å². The minimum atomic E-state index is -1.96. The van der Waals surface area contributed by atoms with E-state index >= 15 is 0 Å². The fourth-order valence-electron chi connectivity index (χ4n) is 8.45. The first-order chi connectivity index (χ1) is 34.0. The SMILES string of the molecule is C[C@@H]1O[C@@H](O[C@@H]2[C@@H](O)[C@H](O)O[C@H](COC(=O)c3ccccc3)[C@H]2O[C@@H]2O[C@H](COC(=O)c3ccccc3)[C@H](O)[C@H](O)[C@H]2O)[C@@H](OCc2ccccc2)[C@H](OCc2ccccc2)[C@@H]1OCc1ccccc1. The first-order valence-corrected chi connectivity index (χ1v) is 23.1. The van der Waals surface area contributed by atoms with E-state index in [9.17, 15) is 35.1 Å². The van der Waals surface area contributed by atoms with E-state index in [1.54, 1.807) is 43.3 Å². The van der Waals surface area contributed by atoms with Gasteiger partial charge in [-0.3, -0.25) is 0 Å².